The van der Waals surface area contributed by atoms with Crippen LogP contribution in [-0.4, -0.2) is 10.1 Å². The Balaban J connectivity index is 2.95. The fourth-order valence-electron chi connectivity index (χ4n) is 0.871. The van der Waals surface area contributed by atoms with Gasteiger partial charge in [0.15, 0.2) is 17.7 Å². The van der Waals surface area contributed by atoms with Crippen molar-refractivity contribution in [2.45, 2.75) is 0 Å². The number of phenols is 1. The third-order valence-electron chi connectivity index (χ3n) is 1.34. The van der Waals surface area contributed by atoms with Crippen molar-refractivity contribution < 1.29 is 9.52 Å². The quantitative estimate of drug-likeness (QED) is 0.595. The first kappa shape index (κ1) is 5.29. The number of fused-ring (bicyclic) bond motifs is 1. The van der Waals surface area contributed by atoms with Crippen LogP contribution >= 0.6 is 0 Å². The minimum Gasteiger partial charge on any atom is -0.504 e. The Hall–Kier alpha value is -1.51. The monoisotopic (exact) mass is 135 g/mol. The Labute approximate surface area is 56.9 Å². The molecule has 0 unspecified atom stereocenters. The summed E-state index contributed by atoms with van der Waals surface area (Å²) in [6.45, 7) is 0. The highest BCUT2D eigenvalue weighted by Crippen LogP contribution is 2.21. The van der Waals surface area contributed by atoms with Gasteiger partial charge in [0.2, 0.25) is 0 Å². The minimum atomic E-state index is 0.134. The van der Waals surface area contributed by atoms with E-state index in [-0.39, 0.29) is 5.75 Å². The molecule has 0 spiro atoms. The molecule has 3 heteroatoms. The Kier molecular flexibility index (Phi) is 0.917. The third-order valence-corrected chi connectivity index (χ3v) is 1.34. The average Bonchev–Trinajstić information content (AvgIpc) is 2.36. The van der Waals surface area contributed by atoms with E-state index in [9.17, 15) is 0 Å². The summed E-state index contributed by atoms with van der Waals surface area (Å²) in [4.78, 5) is 3.85. The van der Waals surface area contributed by atoms with Gasteiger partial charge in [0.05, 0.1) is 0 Å². The number of hydrogen-bond donors (Lipinski definition) is 1. The first-order valence-corrected chi connectivity index (χ1v) is 2.89. The molecule has 1 N–H and O–H groups in total. The fraction of sp³-hybridized carbons (Fsp3) is 0. The van der Waals surface area contributed by atoms with E-state index in [1.54, 1.807) is 18.2 Å². The van der Waals surface area contributed by atoms with Crippen LogP contribution in [0.25, 0.3) is 11.1 Å². The smallest absolute Gasteiger partial charge is 0.196 e. The lowest BCUT2D eigenvalue weighted by Gasteiger charge is -1.88. The van der Waals surface area contributed by atoms with Crippen LogP contribution in [0.3, 0.4) is 0 Å². The maximum Gasteiger partial charge on any atom is 0.196 e. The Morgan fingerprint density at radius 1 is 1.40 bits per heavy atom. The summed E-state index contributed by atoms with van der Waals surface area (Å²) in [5, 5.41) is 9.13. The topological polar surface area (TPSA) is 46.3 Å². The molecule has 0 radical (unpaired) electrons. The first-order valence-electron chi connectivity index (χ1n) is 2.89. The lowest BCUT2D eigenvalue weighted by atomic mass is 10.3. The molecule has 10 heavy (non-hydrogen) atoms. The van der Waals surface area contributed by atoms with Gasteiger partial charge in [-0.05, 0) is 12.1 Å². The number of aromatic nitrogens is 1. The van der Waals surface area contributed by atoms with Crippen LogP contribution < -0.4 is 0 Å². The summed E-state index contributed by atoms with van der Waals surface area (Å²) in [6, 6.07) is 5.06. The van der Waals surface area contributed by atoms with Crippen LogP contribution in [-0.2, 0) is 0 Å². The van der Waals surface area contributed by atoms with Crippen LogP contribution in [0.15, 0.2) is 29.0 Å². The van der Waals surface area contributed by atoms with Crippen molar-refractivity contribution in [3.63, 3.8) is 0 Å². The summed E-state index contributed by atoms with van der Waals surface area (Å²) in [6.07, 6.45) is 1.31. The number of rotatable bonds is 0. The molecule has 0 aliphatic rings. The number of oxazole rings is 1. The van der Waals surface area contributed by atoms with Gasteiger partial charge in [0, 0.05) is 0 Å². The molecule has 3 nitrogen and oxygen atoms in total. The van der Waals surface area contributed by atoms with Crippen molar-refractivity contribution in [2.75, 3.05) is 0 Å². The zero-order chi connectivity index (χ0) is 6.97. The highest BCUT2D eigenvalue weighted by molar-refractivity contribution is 5.78. The highest BCUT2D eigenvalue weighted by Gasteiger charge is 2.00. The van der Waals surface area contributed by atoms with Gasteiger partial charge in [0.1, 0.15) is 5.52 Å². The predicted molar refractivity (Wildman–Crippen MR) is 35.7 cm³/mol. The van der Waals surface area contributed by atoms with E-state index >= 15 is 0 Å². The minimum absolute atomic E-state index is 0.134. The van der Waals surface area contributed by atoms with E-state index in [1.165, 1.54) is 6.39 Å². The van der Waals surface area contributed by atoms with E-state index in [2.05, 4.69) is 4.98 Å². The number of hydrogen-bond acceptors (Lipinski definition) is 3. The van der Waals surface area contributed by atoms with Gasteiger partial charge in [-0.25, -0.2) is 4.98 Å². The van der Waals surface area contributed by atoms with E-state index in [4.69, 9.17) is 9.52 Å². The van der Waals surface area contributed by atoms with Crippen molar-refractivity contribution in [1.29, 1.82) is 0 Å². The number of para-hydroxylation sites is 1. The van der Waals surface area contributed by atoms with Crippen molar-refractivity contribution >= 4 is 11.1 Å². The molecule has 1 aromatic heterocycles. The second-order valence-corrected chi connectivity index (χ2v) is 1.98. The van der Waals surface area contributed by atoms with Crippen molar-refractivity contribution in [3.05, 3.63) is 24.6 Å². The normalized spacial score (nSPS) is 10.4. The lowest BCUT2D eigenvalue weighted by Crippen LogP contribution is -1.66. The second kappa shape index (κ2) is 1.73. The molecule has 0 saturated heterocycles. The van der Waals surface area contributed by atoms with Crippen LogP contribution in [0.4, 0.5) is 0 Å². The molecule has 0 amide bonds. The summed E-state index contributed by atoms with van der Waals surface area (Å²) in [5.74, 6) is 0.134. The van der Waals surface area contributed by atoms with Gasteiger partial charge in [-0.3, -0.25) is 0 Å². The van der Waals surface area contributed by atoms with E-state index < -0.39 is 0 Å². The zero-order valence-corrected chi connectivity index (χ0v) is 5.11. The van der Waals surface area contributed by atoms with E-state index in [1.807, 2.05) is 0 Å². The standard InChI is InChI=1S/C7H5NO2/c9-6-3-1-2-5-7(6)10-4-8-5/h1-4,9H. The zero-order valence-electron chi connectivity index (χ0n) is 5.11. The molecule has 0 atom stereocenters. The average molecular weight is 135 g/mol. The molecule has 50 valence electrons. The summed E-state index contributed by atoms with van der Waals surface area (Å²) in [5.41, 5.74) is 1.13. The third kappa shape index (κ3) is 0.572. The summed E-state index contributed by atoms with van der Waals surface area (Å²) >= 11 is 0. The molecular formula is C7H5NO2. The highest BCUT2D eigenvalue weighted by atomic mass is 16.4. The van der Waals surface area contributed by atoms with Crippen LogP contribution in [0, 0.1) is 0 Å². The largest absolute Gasteiger partial charge is 0.504 e. The molecular weight excluding hydrogens is 130 g/mol. The van der Waals surface area contributed by atoms with Gasteiger partial charge in [-0.2, -0.15) is 0 Å². The SMILES string of the molecule is Oc1cccc2ncoc12. The lowest BCUT2D eigenvalue weighted by molar-refractivity contribution is 0.464. The van der Waals surface area contributed by atoms with Gasteiger partial charge < -0.3 is 9.52 Å². The van der Waals surface area contributed by atoms with Crippen molar-refractivity contribution in [2.24, 2.45) is 0 Å². The number of benzene rings is 1. The Bertz CT molecular complexity index is 353. The van der Waals surface area contributed by atoms with Crippen LogP contribution in [0.1, 0.15) is 0 Å². The fourth-order valence-corrected chi connectivity index (χ4v) is 0.871. The summed E-state index contributed by atoms with van der Waals surface area (Å²) < 4.78 is 4.89. The number of nitrogens with zero attached hydrogens (tertiary/aromatic N) is 1. The van der Waals surface area contributed by atoms with Gasteiger partial charge >= 0.3 is 0 Å². The van der Waals surface area contributed by atoms with E-state index in [0.29, 0.717) is 11.1 Å². The van der Waals surface area contributed by atoms with Gasteiger partial charge in [-0.1, -0.05) is 6.07 Å². The number of phenolic OH excluding ortho intramolecular Hbond substituents is 1. The molecule has 1 heterocycles. The molecule has 0 aliphatic carbocycles. The Morgan fingerprint density at radius 3 is 3.10 bits per heavy atom. The predicted octanol–water partition coefficient (Wildman–Crippen LogP) is 1.53. The molecule has 0 saturated carbocycles. The van der Waals surface area contributed by atoms with Crippen LogP contribution in [0.2, 0.25) is 0 Å². The molecule has 2 rings (SSSR count). The first-order chi connectivity index (χ1) is 4.88. The van der Waals surface area contributed by atoms with Crippen LogP contribution in [0.5, 0.6) is 5.75 Å². The van der Waals surface area contributed by atoms with Gasteiger partial charge in [-0.15, -0.1) is 0 Å². The maximum absolute atomic E-state index is 9.13. The molecule has 2 aromatic rings. The van der Waals surface area contributed by atoms with Crippen molar-refractivity contribution in [3.8, 4) is 5.75 Å². The second-order valence-electron chi connectivity index (χ2n) is 1.98. The maximum atomic E-state index is 9.13. The molecule has 1 aromatic carbocycles. The van der Waals surface area contributed by atoms with Gasteiger partial charge in [0.25, 0.3) is 0 Å². The van der Waals surface area contributed by atoms with E-state index in [0.717, 1.165) is 0 Å². The molecule has 0 bridgehead atoms. The molecule has 0 aliphatic heterocycles. The Morgan fingerprint density at radius 2 is 2.30 bits per heavy atom. The molecule has 0 fully saturated rings. The van der Waals surface area contributed by atoms with Crippen molar-refractivity contribution in [1.82, 2.24) is 4.98 Å². The summed E-state index contributed by atoms with van der Waals surface area (Å²) in [7, 11) is 0. The number of aromatic hydroxyl groups is 1.